The largest absolute Gasteiger partial charge is 0.491 e. The van der Waals surface area contributed by atoms with Gasteiger partial charge < -0.3 is 14.7 Å². The third-order valence-electron chi connectivity index (χ3n) is 4.67. The Morgan fingerprint density at radius 3 is 2.92 bits per heavy atom. The first-order chi connectivity index (χ1) is 11.6. The van der Waals surface area contributed by atoms with Gasteiger partial charge in [-0.25, -0.2) is 4.79 Å². The summed E-state index contributed by atoms with van der Waals surface area (Å²) in [4.78, 5) is 27.5. The van der Waals surface area contributed by atoms with Crippen molar-refractivity contribution in [2.75, 3.05) is 19.7 Å². The molecule has 0 spiro atoms. The smallest absolute Gasteiger partial charge is 0.327 e. The van der Waals surface area contributed by atoms with Crippen LogP contribution in [0.5, 0.6) is 5.75 Å². The molecule has 2 fully saturated rings. The highest BCUT2D eigenvalue weighted by Gasteiger charge is 2.46. The van der Waals surface area contributed by atoms with Crippen LogP contribution in [0.3, 0.4) is 0 Å². The van der Waals surface area contributed by atoms with E-state index in [1.54, 1.807) is 4.90 Å². The summed E-state index contributed by atoms with van der Waals surface area (Å²) in [5, 5.41) is 10.2. The van der Waals surface area contributed by atoms with E-state index in [1.165, 1.54) is 4.90 Å². The van der Waals surface area contributed by atoms with Crippen molar-refractivity contribution in [3.63, 3.8) is 0 Å². The molecule has 130 valence electrons. The molecular formula is C18H24N2O4. The standard InChI is InChI=1S/C18H24N2O4/c1-2-13-6-5-7-15(10-13)24-12-14(21)11-20-17(22)16-8-3-4-9-19(16)18(20)23/h5-7,10,14,16,21H,2-4,8-9,11-12H2,1H3/t14-,16+/m0/s1. The van der Waals surface area contributed by atoms with Crippen LogP contribution in [-0.4, -0.2) is 58.7 Å². The molecule has 0 aliphatic carbocycles. The summed E-state index contributed by atoms with van der Waals surface area (Å²) in [5.74, 6) is 0.497. The van der Waals surface area contributed by atoms with Gasteiger partial charge in [0.05, 0.1) is 6.54 Å². The Kier molecular flexibility index (Phi) is 5.04. The van der Waals surface area contributed by atoms with Gasteiger partial charge in [0.2, 0.25) is 0 Å². The SMILES string of the molecule is CCc1cccc(OC[C@@H](O)CN2C(=O)[C@H]3CCCCN3C2=O)c1. The van der Waals surface area contributed by atoms with Gasteiger partial charge in [0.25, 0.3) is 5.91 Å². The summed E-state index contributed by atoms with van der Waals surface area (Å²) < 4.78 is 5.60. The lowest BCUT2D eigenvalue weighted by Crippen LogP contribution is -2.40. The highest BCUT2D eigenvalue weighted by Crippen LogP contribution is 2.26. The van der Waals surface area contributed by atoms with Crippen LogP contribution >= 0.6 is 0 Å². The van der Waals surface area contributed by atoms with E-state index in [2.05, 4.69) is 6.92 Å². The predicted octanol–water partition coefficient (Wildman–Crippen LogP) is 1.81. The molecule has 6 nitrogen and oxygen atoms in total. The Bertz CT molecular complexity index is 595. The average Bonchev–Trinajstić information content (AvgIpc) is 2.85. The highest BCUT2D eigenvalue weighted by molar-refractivity contribution is 6.04. The van der Waals surface area contributed by atoms with Gasteiger partial charge in [-0.3, -0.25) is 9.69 Å². The number of aliphatic hydroxyl groups excluding tert-OH is 1. The molecule has 0 unspecified atom stereocenters. The lowest BCUT2D eigenvalue weighted by Gasteiger charge is -2.26. The van der Waals surface area contributed by atoms with E-state index in [-0.39, 0.29) is 31.1 Å². The second-order valence-corrected chi connectivity index (χ2v) is 6.40. The average molecular weight is 332 g/mol. The van der Waals surface area contributed by atoms with Gasteiger partial charge >= 0.3 is 6.03 Å². The number of amides is 3. The molecule has 0 saturated carbocycles. The van der Waals surface area contributed by atoms with E-state index in [9.17, 15) is 14.7 Å². The van der Waals surface area contributed by atoms with Gasteiger partial charge in [-0.1, -0.05) is 19.1 Å². The zero-order valence-electron chi connectivity index (χ0n) is 14.0. The van der Waals surface area contributed by atoms with Crippen LogP contribution in [0.25, 0.3) is 0 Å². The van der Waals surface area contributed by atoms with Crippen LogP contribution < -0.4 is 4.74 Å². The molecule has 0 radical (unpaired) electrons. The summed E-state index contributed by atoms with van der Waals surface area (Å²) in [5.41, 5.74) is 1.16. The fourth-order valence-electron chi connectivity index (χ4n) is 3.33. The molecule has 3 rings (SSSR count). The number of aryl methyl sites for hydroxylation is 1. The Balaban J connectivity index is 1.55. The fraction of sp³-hybridized carbons (Fsp3) is 0.556. The highest BCUT2D eigenvalue weighted by atomic mass is 16.5. The van der Waals surface area contributed by atoms with Crippen molar-refractivity contribution in [2.45, 2.75) is 44.8 Å². The molecule has 24 heavy (non-hydrogen) atoms. The summed E-state index contributed by atoms with van der Waals surface area (Å²) in [6, 6.07) is 7.07. The van der Waals surface area contributed by atoms with Crippen molar-refractivity contribution >= 4 is 11.9 Å². The van der Waals surface area contributed by atoms with E-state index in [0.717, 1.165) is 31.2 Å². The number of β-amino-alcohol motifs (C(OH)–C–C–N with tert-alkyl or cyclic N) is 1. The minimum Gasteiger partial charge on any atom is -0.491 e. The molecule has 1 N–H and O–H groups in total. The lowest BCUT2D eigenvalue weighted by molar-refractivity contribution is -0.129. The first-order valence-corrected chi connectivity index (χ1v) is 8.62. The second kappa shape index (κ2) is 7.21. The van der Waals surface area contributed by atoms with E-state index in [0.29, 0.717) is 12.3 Å². The van der Waals surface area contributed by atoms with Gasteiger partial charge in [0.1, 0.15) is 24.5 Å². The number of ether oxygens (including phenoxy) is 1. The van der Waals surface area contributed by atoms with Gasteiger partial charge in [0, 0.05) is 6.54 Å². The van der Waals surface area contributed by atoms with Crippen LogP contribution in [0.4, 0.5) is 4.79 Å². The molecule has 0 aromatic heterocycles. The Morgan fingerprint density at radius 2 is 2.17 bits per heavy atom. The minimum atomic E-state index is -0.899. The third kappa shape index (κ3) is 3.38. The number of piperidine rings is 1. The van der Waals surface area contributed by atoms with Gasteiger partial charge in [-0.15, -0.1) is 0 Å². The summed E-state index contributed by atoms with van der Waals surface area (Å²) in [7, 11) is 0. The molecule has 2 aliphatic heterocycles. The number of urea groups is 1. The molecular weight excluding hydrogens is 308 g/mol. The van der Waals surface area contributed by atoms with Crippen LogP contribution in [0, 0.1) is 0 Å². The van der Waals surface area contributed by atoms with Crippen LogP contribution in [-0.2, 0) is 11.2 Å². The number of nitrogens with zero attached hydrogens (tertiary/aromatic N) is 2. The van der Waals surface area contributed by atoms with Gasteiger partial charge in [-0.05, 0) is 43.4 Å². The number of hydrogen-bond donors (Lipinski definition) is 1. The van der Waals surface area contributed by atoms with E-state index in [1.807, 2.05) is 24.3 Å². The van der Waals surface area contributed by atoms with Crippen LogP contribution in [0.1, 0.15) is 31.7 Å². The van der Waals surface area contributed by atoms with Crippen molar-refractivity contribution in [3.8, 4) is 5.75 Å². The number of rotatable bonds is 6. The number of imide groups is 1. The number of benzene rings is 1. The lowest BCUT2D eigenvalue weighted by atomic mass is 10.0. The van der Waals surface area contributed by atoms with E-state index in [4.69, 9.17) is 4.74 Å². The third-order valence-corrected chi connectivity index (χ3v) is 4.67. The van der Waals surface area contributed by atoms with Crippen molar-refractivity contribution in [1.29, 1.82) is 0 Å². The van der Waals surface area contributed by atoms with Crippen LogP contribution in [0.15, 0.2) is 24.3 Å². The summed E-state index contributed by atoms with van der Waals surface area (Å²) in [6.07, 6.45) is 2.63. The summed E-state index contributed by atoms with van der Waals surface area (Å²) in [6.45, 7) is 2.72. The minimum absolute atomic E-state index is 0.0157. The number of carbonyl (C=O) groups excluding carboxylic acids is 2. The molecule has 2 atom stereocenters. The predicted molar refractivity (Wildman–Crippen MR) is 88.8 cm³/mol. The first-order valence-electron chi connectivity index (χ1n) is 8.62. The first kappa shape index (κ1) is 16.8. The maximum atomic E-state index is 12.4. The maximum absolute atomic E-state index is 12.4. The zero-order valence-corrected chi connectivity index (χ0v) is 14.0. The molecule has 3 amide bonds. The molecule has 2 aliphatic rings. The van der Waals surface area contributed by atoms with Crippen molar-refractivity contribution in [2.24, 2.45) is 0 Å². The monoisotopic (exact) mass is 332 g/mol. The normalized spacial score (nSPS) is 21.8. The zero-order chi connectivity index (χ0) is 17.1. The molecule has 0 bridgehead atoms. The Labute approximate surface area is 142 Å². The topological polar surface area (TPSA) is 70.1 Å². The molecule has 6 heteroatoms. The van der Waals surface area contributed by atoms with E-state index >= 15 is 0 Å². The number of aliphatic hydroxyl groups is 1. The Morgan fingerprint density at radius 1 is 1.33 bits per heavy atom. The fourth-order valence-corrected chi connectivity index (χ4v) is 3.33. The number of fused-ring (bicyclic) bond motifs is 1. The summed E-state index contributed by atoms with van der Waals surface area (Å²) >= 11 is 0. The Hall–Kier alpha value is -2.08. The molecule has 1 aromatic rings. The van der Waals surface area contributed by atoms with Crippen molar-refractivity contribution in [3.05, 3.63) is 29.8 Å². The maximum Gasteiger partial charge on any atom is 0.327 e. The van der Waals surface area contributed by atoms with Gasteiger partial charge in [0.15, 0.2) is 0 Å². The van der Waals surface area contributed by atoms with Gasteiger partial charge in [-0.2, -0.15) is 0 Å². The van der Waals surface area contributed by atoms with E-state index < -0.39 is 6.10 Å². The second-order valence-electron chi connectivity index (χ2n) is 6.40. The van der Waals surface area contributed by atoms with Crippen LogP contribution in [0.2, 0.25) is 0 Å². The van der Waals surface area contributed by atoms with Crippen molar-refractivity contribution < 1.29 is 19.4 Å². The molecule has 2 saturated heterocycles. The number of carbonyl (C=O) groups is 2. The quantitative estimate of drug-likeness (QED) is 0.807. The number of hydrogen-bond acceptors (Lipinski definition) is 4. The molecule has 1 aromatic carbocycles. The molecule has 2 heterocycles. The van der Waals surface area contributed by atoms with Crippen molar-refractivity contribution in [1.82, 2.24) is 9.80 Å².